The van der Waals surface area contributed by atoms with Gasteiger partial charge in [-0.05, 0) is 37.3 Å². The van der Waals surface area contributed by atoms with Crippen molar-refractivity contribution < 1.29 is 4.79 Å². The molecule has 2 fully saturated rings. The molecule has 0 saturated carbocycles. The number of pyridine rings is 1. The summed E-state index contributed by atoms with van der Waals surface area (Å²) < 4.78 is 0. The van der Waals surface area contributed by atoms with Gasteiger partial charge in [0.15, 0.2) is 0 Å². The fraction of sp³-hybridized carbons (Fsp3) is 0.600. The van der Waals surface area contributed by atoms with E-state index in [4.69, 9.17) is 0 Å². The zero-order valence-corrected chi connectivity index (χ0v) is 11.4. The summed E-state index contributed by atoms with van der Waals surface area (Å²) >= 11 is 0. The Morgan fingerprint density at radius 2 is 2.16 bits per heavy atom. The van der Waals surface area contributed by atoms with Crippen molar-refractivity contribution in [1.29, 1.82) is 0 Å². The van der Waals surface area contributed by atoms with E-state index in [1.807, 2.05) is 24.1 Å². The molecule has 2 atom stereocenters. The number of likely N-dealkylation sites (N-methyl/N-ethyl adjacent to an activating group) is 1. The lowest BCUT2D eigenvalue weighted by Crippen LogP contribution is -2.49. The van der Waals surface area contributed by atoms with Gasteiger partial charge < -0.3 is 10.2 Å². The van der Waals surface area contributed by atoms with Gasteiger partial charge in [0.2, 0.25) is 5.91 Å². The average molecular weight is 259 g/mol. The van der Waals surface area contributed by atoms with Crippen molar-refractivity contribution >= 4 is 5.91 Å². The van der Waals surface area contributed by atoms with E-state index in [0.717, 1.165) is 18.4 Å². The number of carbonyl (C=O) groups excluding carboxylic acids is 1. The third-order valence-electron chi connectivity index (χ3n) is 4.47. The van der Waals surface area contributed by atoms with E-state index >= 15 is 0 Å². The van der Waals surface area contributed by atoms with Crippen molar-refractivity contribution in [2.24, 2.45) is 0 Å². The molecule has 4 heteroatoms. The molecule has 2 aliphatic heterocycles. The monoisotopic (exact) mass is 259 g/mol. The standard InChI is InChI=1S/C15H21N3O/c1-18(14-8-12-4-5-13(9-14)17-12)15(19)7-11-3-2-6-16-10-11/h2-3,6,10,12-14,17H,4-5,7-9H2,1H3. The minimum absolute atomic E-state index is 0.208. The van der Waals surface area contributed by atoms with Gasteiger partial charge in [0.1, 0.15) is 0 Å². The summed E-state index contributed by atoms with van der Waals surface area (Å²) in [6, 6.07) is 5.50. The van der Waals surface area contributed by atoms with Crippen LogP contribution in [0.2, 0.25) is 0 Å². The number of carbonyl (C=O) groups is 1. The first-order chi connectivity index (χ1) is 9.22. The number of piperidine rings is 1. The Bertz CT molecular complexity index is 436. The predicted octanol–water partition coefficient (Wildman–Crippen LogP) is 1.37. The molecule has 1 aromatic heterocycles. The maximum atomic E-state index is 12.3. The van der Waals surface area contributed by atoms with E-state index in [0.29, 0.717) is 24.5 Å². The van der Waals surface area contributed by atoms with Gasteiger partial charge in [-0.25, -0.2) is 0 Å². The van der Waals surface area contributed by atoms with Gasteiger partial charge in [-0.2, -0.15) is 0 Å². The number of hydrogen-bond acceptors (Lipinski definition) is 3. The van der Waals surface area contributed by atoms with Crippen LogP contribution in [0.5, 0.6) is 0 Å². The zero-order chi connectivity index (χ0) is 13.2. The largest absolute Gasteiger partial charge is 0.342 e. The molecule has 3 rings (SSSR count). The molecule has 0 spiro atoms. The minimum Gasteiger partial charge on any atom is -0.342 e. The van der Waals surface area contributed by atoms with Crippen LogP contribution in [0.1, 0.15) is 31.2 Å². The summed E-state index contributed by atoms with van der Waals surface area (Å²) in [4.78, 5) is 18.3. The molecule has 4 nitrogen and oxygen atoms in total. The Hall–Kier alpha value is -1.42. The maximum absolute atomic E-state index is 12.3. The molecule has 0 aliphatic carbocycles. The summed E-state index contributed by atoms with van der Waals surface area (Å²) in [6.07, 6.45) is 8.72. The number of rotatable bonds is 3. The van der Waals surface area contributed by atoms with Crippen LogP contribution in [0, 0.1) is 0 Å². The summed E-state index contributed by atoms with van der Waals surface area (Å²) in [5.41, 5.74) is 0.997. The number of aromatic nitrogens is 1. The number of fused-ring (bicyclic) bond motifs is 2. The Balaban J connectivity index is 1.60. The van der Waals surface area contributed by atoms with Crippen LogP contribution in [0.3, 0.4) is 0 Å². The van der Waals surface area contributed by atoms with Crippen LogP contribution in [-0.2, 0) is 11.2 Å². The fourth-order valence-electron chi connectivity index (χ4n) is 3.35. The molecule has 0 radical (unpaired) electrons. The highest BCUT2D eigenvalue weighted by Crippen LogP contribution is 2.29. The minimum atomic E-state index is 0.208. The Morgan fingerprint density at radius 3 is 2.79 bits per heavy atom. The smallest absolute Gasteiger partial charge is 0.227 e. The van der Waals surface area contributed by atoms with Crippen LogP contribution in [-0.4, -0.2) is 41.0 Å². The Kier molecular flexibility index (Phi) is 3.51. The first-order valence-electron chi connectivity index (χ1n) is 7.13. The SMILES string of the molecule is CN(C(=O)Cc1cccnc1)C1CC2CCC(C1)N2. The van der Waals surface area contributed by atoms with Gasteiger partial charge in [0.05, 0.1) is 6.42 Å². The lowest BCUT2D eigenvalue weighted by Gasteiger charge is -2.35. The summed E-state index contributed by atoms with van der Waals surface area (Å²) in [7, 11) is 1.95. The highest BCUT2D eigenvalue weighted by molar-refractivity contribution is 5.78. The van der Waals surface area contributed by atoms with Crippen molar-refractivity contribution in [3.8, 4) is 0 Å². The number of nitrogens with zero attached hydrogens (tertiary/aromatic N) is 2. The van der Waals surface area contributed by atoms with Crippen LogP contribution in [0.25, 0.3) is 0 Å². The molecule has 2 bridgehead atoms. The number of amides is 1. The molecule has 2 saturated heterocycles. The van der Waals surface area contributed by atoms with E-state index in [-0.39, 0.29) is 5.91 Å². The number of nitrogens with one attached hydrogen (secondary N) is 1. The predicted molar refractivity (Wildman–Crippen MR) is 73.7 cm³/mol. The van der Waals surface area contributed by atoms with E-state index in [2.05, 4.69) is 10.3 Å². The second-order valence-electron chi connectivity index (χ2n) is 5.81. The van der Waals surface area contributed by atoms with Crippen LogP contribution in [0.15, 0.2) is 24.5 Å². The third kappa shape index (κ3) is 2.78. The Morgan fingerprint density at radius 1 is 1.42 bits per heavy atom. The maximum Gasteiger partial charge on any atom is 0.227 e. The van der Waals surface area contributed by atoms with E-state index in [1.54, 1.807) is 12.4 Å². The van der Waals surface area contributed by atoms with Crippen LogP contribution in [0.4, 0.5) is 0 Å². The van der Waals surface area contributed by atoms with Crippen molar-refractivity contribution in [3.63, 3.8) is 0 Å². The zero-order valence-electron chi connectivity index (χ0n) is 11.4. The molecule has 102 valence electrons. The van der Waals surface area contributed by atoms with Gasteiger partial charge >= 0.3 is 0 Å². The lowest BCUT2D eigenvalue weighted by molar-refractivity contribution is -0.131. The molecule has 1 N–H and O–H groups in total. The first-order valence-corrected chi connectivity index (χ1v) is 7.13. The van der Waals surface area contributed by atoms with Crippen molar-refractivity contribution in [2.75, 3.05) is 7.05 Å². The highest BCUT2D eigenvalue weighted by atomic mass is 16.2. The molecule has 0 aromatic carbocycles. The fourth-order valence-corrected chi connectivity index (χ4v) is 3.35. The first kappa shape index (κ1) is 12.6. The normalized spacial score (nSPS) is 29.2. The molecule has 1 amide bonds. The van der Waals surface area contributed by atoms with E-state index < -0.39 is 0 Å². The summed E-state index contributed by atoms with van der Waals surface area (Å²) in [5, 5.41) is 3.62. The molecule has 3 heterocycles. The molecule has 2 aliphatic rings. The molecule has 2 unspecified atom stereocenters. The summed E-state index contributed by atoms with van der Waals surface area (Å²) in [5.74, 6) is 0.208. The molecule has 19 heavy (non-hydrogen) atoms. The topological polar surface area (TPSA) is 45.2 Å². The van der Waals surface area contributed by atoms with Crippen molar-refractivity contribution in [2.45, 2.75) is 50.2 Å². The van der Waals surface area contributed by atoms with Crippen molar-refractivity contribution in [1.82, 2.24) is 15.2 Å². The highest BCUT2D eigenvalue weighted by Gasteiger charge is 2.36. The lowest BCUT2D eigenvalue weighted by atomic mass is 9.98. The van der Waals surface area contributed by atoms with E-state index in [1.165, 1.54) is 12.8 Å². The summed E-state index contributed by atoms with van der Waals surface area (Å²) in [6.45, 7) is 0. The molecular weight excluding hydrogens is 238 g/mol. The third-order valence-corrected chi connectivity index (χ3v) is 4.47. The molecule has 1 aromatic rings. The number of hydrogen-bond donors (Lipinski definition) is 1. The quantitative estimate of drug-likeness (QED) is 0.891. The van der Waals surface area contributed by atoms with Gasteiger partial charge in [-0.15, -0.1) is 0 Å². The van der Waals surface area contributed by atoms with Gasteiger partial charge in [-0.3, -0.25) is 9.78 Å². The second kappa shape index (κ2) is 5.29. The van der Waals surface area contributed by atoms with Crippen LogP contribution >= 0.6 is 0 Å². The Labute approximate surface area is 114 Å². The second-order valence-corrected chi connectivity index (χ2v) is 5.81. The van der Waals surface area contributed by atoms with Gasteiger partial charge in [-0.1, -0.05) is 6.07 Å². The van der Waals surface area contributed by atoms with E-state index in [9.17, 15) is 4.79 Å². The van der Waals surface area contributed by atoms with Gasteiger partial charge in [0, 0.05) is 37.6 Å². The molecular formula is C15H21N3O. The van der Waals surface area contributed by atoms with Gasteiger partial charge in [0.25, 0.3) is 0 Å². The van der Waals surface area contributed by atoms with Crippen molar-refractivity contribution in [3.05, 3.63) is 30.1 Å². The van der Waals surface area contributed by atoms with Crippen LogP contribution < -0.4 is 5.32 Å². The average Bonchev–Trinajstić information content (AvgIpc) is 2.77.